The van der Waals surface area contributed by atoms with Gasteiger partial charge in [0.1, 0.15) is 11.5 Å². The fourth-order valence-corrected chi connectivity index (χ4v) is 2.08. The van der Waals surface area contributed by atoms with Crippen molar-refractivity contribution in [1.29, 1.82) is 0 Å². The Labute approximate surface area is 115 Å². The summed E-state index contributed by atoms with van der Waals surface area (Å²) in [5.41, 5.74) is 6.93. The summed E-state index contributed by atoms with van der Waals surface area (Å²) in [6, 6.07) is 5.42. The zero-order chi connectivity index (χ0) is 13.4. The number of anilines is 2. The first kappa shape index (κ1) is 12.0. The van der Waals surface area contributed by atoms with Gasteiger partial charge < -0.3 is 15.6 Å². The van der Waals surface area contributed by atoms with Crippen molar-refractivity contribution < 1.29 is 4.79 Å². The Morgan fingerprint density at radius 1 is 1.47 bits per heavy atom. The highest BCUT2D eigenvalue weighted by atomic mass is 35.5. The van der Waals surface area contributed by atoms with Gasteiger partial charge in [0.05, 0.1) is 10.7 Å². The molecule has 6 heteroatoms. The molecule has 0 atom stereocenters. The molecule has 0 unspecified atom stereocenters. The molecule has 0 saturated heterocycles. The van der Waals surface area contributed by atoms with Crippen LogP contribution in [-0.2, 0) is 0 Å². The Morgan fingerprint density at radius 2 is 2.26 bits per heavy atom. The van der Waals surface area contributed by atoms with Gasteiger partial charge in [-0.05, 0) is 31.0 Å². The first-order valence-corrected chi connectivity index (χ1v) is 6.41. The average molecular weight is 277 g/mol. The number of nitrogen functional groups attached to an aromatic ring is 1. The van der Waals surface area contributed by atoms with Gasteiger partial charge in [-0.1, -0.05) is 11.6 Å². The maximum Gasteiger partial charge on any atom is 0.273 e. The number of hydrogen-bond acceptors (Lipinski definition) is 3. The number of hydrogen-bond donors (Lipinski definition) is 2. The molecule has 1 amide bonds. The van der Waals surface area contributed by atoms with Crippen molar-refractivity contribution in [2.75, 3.05) is 11.1 Å². The molecule has 19 heavy (non-hydrogen) atoms. The summed E-state index contributed by atoms with van der Waals surface area (Å²) in [5.74, 6) is 0.259. The van der Waals surface area contributed by atoms with Crippen LogP contribution < -0.4 is 11.1 Å². The smallest absolute Gasteiger partial charge is 0.273 e. The van der Waals surface area contributed by atoms with Crippen LogP contribution in [0.1, 0.15) is 29.4 Å². The van der Waals surface area contributed by atoms with E-state index in [1.54, 1.807) is 18.2 Å². The first-order chi connectivity index (χ1) is 9.13. The van der Waals surface area contributed by atoms with Crippen LogP contribution in [0.15, 0.2) is 30.6 Å². The molecule has 1 aliphatic carbocycles. The van der Waals surface area contributed by atoms with Crippen LogP contribution in [0.2, 0.25) is 5.02 Å². The third-order valence-corrected chi connectivity index (χ3v) is 3.24. The molecule has 2 heterocycles. The molecular weight excluding hydrogens is 264 g/mol. The molecule has 0 spiro atoms. The van der Waals surface area contributed by atoms with Crippen LogP contribution in [0, 0.1) is 0 Å². The van der Waals surface area contributed by atoms with Crippen molar-refractivity contribution in [2.45, 2.75) is 18.9 Å². The van der Waals surface area contributed by atoms with Crippen molar-refractivity contribution in [2.24, 2.45) is 0 Å². The summed E-state index contributed by atoms with van der Waals surface area (Å²) in [6.45, 7) is 0. The largest absolute Gasteiger partial charge is 0.397 e. The Balaban J connectivity index is 1.82. The summed E-state index contributed by atoms with van der Waals surface area (Å²) >= 11 is 5.75. The third kappa shape index (κ3) is 2.56. The zero-order valence-corrected chi connectivity index (χ0v) is 10.9. The Bertz CT molecular complexity index is 616. The molecule has 3 N–H and O–H groups in total. The normalized spacial score (nSPS) is 14.4. The standard InChI is InChI=1S/C13H13ClN4O/c14-8-1-4-12(16-6-8)17-13(19)11-5-9(15)7-18(11)10-2-3-10/h1,4-7,10H,2-3,15H2,(H,16,17,19). The number of nitrogens with zero attached hydrogens (tertiary/aromatic N) is 2. The fraction of sp³-hybridized carbons (Fsp3) is 0.231. The van der Waals surface area contributed by atoms with Gasteiger partial charge in [-0.2, -0.15) is 0 Å². The Kier molecular flexibility index (Phi) is 2.91. The van der Waals surface area contributed by atoms with E-state index in [-0.39, 0.29) is 5.91 Å². The molecule has 98 valence electrons. The third-order valence-electron chi connectivity index (χ3n) is 3.01. The molecule has 2 aromatic heterocycles. The van der Waals surface area contributed by atoms with Crippen LogP contribution in [0.3, 0.4) is 0 Å². The number of aromatic nitrogens is 2. The molecule has 3 rings (SSSR count). The topological polar surface area (TPSA) is 72.9 Å². The van der Waals surface area contributed by atoms with Gasteiger partial charge in [0.15, 0.2) is 0 Å². The van der Waals surface area contributed by atoms with Crippen molar-refractivity contribution in [1.82, 2.24) is 9.55 Å². The van der Waals surface area contributed by atoms with E-state index < -0.39 is 0 Å². The lowest BCUT2D eigenvalue weighted by Crippen LogP contribution is -2.16. The highest BCUT2D eigenvalue weighted by molar-refractivity contribution is 6.30. The van der Waals surface area contributed by atoms with Crippen LogP contribution in [0.25, 0.3) is 0 Å². The summed E-state index contributed by atoms with van der Waals surface area (Å²) in [7, 11) is 0. The maximum atomic E-state index is 12.2. The minimum atomic E-state index is -0.210. The number of pyridine rings is 1. The second kappa shape index (κ2) is 4.59. The molecule has 1 aliphatic rings. The zero-order valence-electron chi connectivity index (χ0n) is 10.1. The van der Waals surface area contributed by atoms with Crippen molar-refractivity contribution in [3.8, 4) is 0 Å². The van der Waals surface area contributed by atoms with E-state index in [0.717, 1.165) is 12.8 Å². The molecule has 2 aromatic rings. The fourth-order valence-electron chi connectivity index (χ4n) is 1.97. The Hall–Kier alpha value is -2.01. The van der Waals surface area contributed by atoms with E-state index >= 15 is 0 Å². The minimum Gasteiger partial charge on any atom is -0.397 e. The molecule has 0 aromatic carbocycles. The maximum absolute atomic E-state index is 12.2. The summed E-state index contributed by atoms with van der Waals surface area (Å²) in [4.78, 5) is 16.2. The number of nitrogens with one attached hydrogen (secondary N) is 1. The van der Waals surface area contributed by atoms with E-state index in [4.69, 9.17) is 17.3 Å². The number of nitrogens with two attached hydrogens (primary N) is 1. The van der Waals surface area contributed by atoms with Crippen molar-refractivity contribution in [3.05, 3.63) is 41.3 Å². The first-order valence-electron chi connectivity index (χ1n) is 6.04. The number of halogens is 1. The number of amides is 1. The molecular formula is C13H13ClN4O. The number of rotatable bonds is 3. The van der Waals surface area contributed by atoms with Crippen LogP contribution in [0.5, 0.6) is 0 Å². The van der Waals surface area contributed by atoms with E-state index in [1.807, 2.05) is 10.8 Å². The lowest BCUT2D eigenvalue weighted by Gasteiger charge is -2.07. The van der Waals surface area contributed by atoms with Gasteiger partial charge in [-0.15, -0.1) is 0 Å². The highest BCUT2D eigenvalue weighted by Crippen LogP contribution is 2.37. The molecule has 1 fully saturated rings. The second-order valence-electron chi connectivity index (χ2n) is 4.61. The van der Waals surface area contributed by atoms with Crippen molar-refractivity contribution >= 4 is 29.0 Å². The van der Waals surface area contributed by atoms with Gasteiger partial charge in [-0.3, -0.25) is 4.79 Å². The van der Waals surface area contributed by atoms with E-state index in [2.05, 4.69) is 10.3 Å². The van der Waals surface area contributed by atoms with E-state index in [1.165, 1.54) is 6.20 Å². The predicted molar refractivity (Wildman–Crippen MR) is 74.3 cm³/mol. The van der Waals surface area contributed by atoms with Gasteiger partial charge in [0.2, 0.25) is 0 Å². The number of carbonyl (C=O) groups excluding carboxylic acids is 1. The van der Waals surface area contributed by atoms with E-state index in [0.29, 0.717) is 28.3 Å². The van der Waals surface area contributed by atoms with Gasteiger partial charge in [0.25, 0.3) is 5.91 Å². The van der Waals surface area contributed by atoms with Crippen LogP contribution in [0.4, 0.5) is 11.5 Å². The SMILES string of the molecule is Nc1cc(C(=O)Nc2ccc(Cl)cn2)n(C2CC2)c1. The Morgan fingerprint density at radius 3 is 2.89 bits per heavy atom. The summed E-state index contributed by atoms with van der Waals surface area (Å²) in [5, 5.41) is 3.27. The molecule has 5 nitrogen and oxygen atoms in total. The minimum absolute atomic E-state index is 0.210. The lowest BCUT2D eigenvalue weighted by atomic mass is 10.3. The van der Waals surface area contributed by atoms with Gasteiger partial charge in [-0.25, -0.2) is 4.98 Å². The molecule has 0 aliphatic heterocycles. The molecule has 1 saturated carbocycles. The summed E-state index contributed by atoms with van der Waals surface area (Å²) < 4.78 is 1.93. The average Bonchev–Trinajstić information content (AvgIpc) is 3.15. The quantitative estimate of drug-likeness (QED) is 0.905. The van der Waals surface area contributed by atoms with Crippen LogP contribution in [-0.4, -0.2) is 15.5 Å². The summed E-state index contributed by atoms with van der Waals surface area (Å²) in [6.07, 6.45) is 5.48. The van der Waals surface area contributed by atoms with Crippen LogP contribution >= 0.6 is 11.6 Å². The van der Waals surface area contributed by atoms with Gasteiger partial charge in [0, 0.05) is 18.4 Å². The van der Waals surface area contributed by atoms with Crippen molar-refractivity contribution in [3.63, 3.8) is 0 Å². The molecule has 0 bridgehead atoms. The lowest BCUT2D eigenvalue weighted by molar-refractivity contribution is 0.101. The highest BCUT2D eigenvalue weighted by Gasteiger charge is 2.27. The second-order valence-corrected chi connectivity index (χ2v) is 5.05. The predicted octanol–water partition coefficient (Wildman–Crippen LogP) is 2.71. The van der Waals surface area contributed by atoms with Gasteiger partial charge >= 0.3 is 0 Å². The molecule has 0 radical (unpaired) electrons. The number of carbonyl (C=O) groups is 1. The van der Waals surface area contributed by atoms with E-state index in [9.17, 15) is 4.79 Å². The monoisotopic (exact) mass is 276 g/mol.